The van der Waals surface area contributed by atoms with Gasteiger partial charge in [0.1, 0.15) is 0 Å². The van der Waals surface area contributed by atoms with Crippen LogP contribution >= 0.6 is 0 Å². The quantitative estimate of drug-likeness (QED) is 0.786. The highest BCUT2D eigenvalue weighted by Gasteiger charge is 2.18. The second-order valence-corrected chi connectivity index (χ2v) is 3.41. The molecule has 0 aliphatic heterocycles. The summed E-state index contributed by atoms with van der Waals surface area (Å²) in [6, 6.07) is 6.50. The summed E-state index contributed by atoms with van der Waals surface area (Å²) < 4.78 is 6.14. The number of imidazole rings is 1. The molecule has 0 saturated carbocycles. The fourth-order valence-corrected chi connectivity index (χ4v) is 1.51. The van der Waals surface area contributed by atoms with Crippen LogP contribution in [0.4, 0.5) is 9.59 Å². The minimum Gasteiger partial charge on any atom is -0.375 e. The van der Waals surface area contributed by atoms with E-state index in [1.54, 1.807) is 24.3 Å². The number of benzene rings is 1. The molecular weight excluding hydrogens is 236 g/mol. The summed E-state index contributed by atoms with van der Waals surface area (Å²) in [6.45, 7) is 0. The van der Waals surface area contributed by atoms with Gasteiger partial charge in [-0.15, -0.1) is 0 Å². The number of carbonyl (C=O) groups is 2. The number of ether oxygens (including phenoxy) is 1. The third kappa shape index (κ3) is 1.97. The summed E-state index contributed by atoms with van der Waals surface area (Å²) >= 11 is 0. The molecule has 2 N–H and O–H groups in total. The molecule has 1 aromatic carbocycles. The molecule has 94 valence electrons. The molecule has 2 aromatic rings. The largest absolute Gasteiger partial charge is 0.414 e. The molecule has 1 aromatic heterocycles. The lowest BCUT2D eigenvalue weighted by molar-refractivity contribution is 0.197. The van der Waals surface area contributed by atoms with Crippen LogP contribution in [0, 0.1) is 0 Å². The van der Waals surface area contributed by atoms with E-state index in [1.807, 2.05) is 0 Å². The van der Waals surface area contributed by atoms with Gasteiger partial charge < -0.3 is 15.4 Å². The Kier molecular flexibility index (Phi) is 3.13. The molecule has 0 saturated heterocycles. The number of amides is 2. The highest BCUT2D eigenvalue weighted by molar-refractivity contribution is 5.91. The Balaban J connectivity index is 2.57. The summed E-state index contributed by atoms with van der Waals surface area (Å²) in [5.41, 5.74) is 1.13. The van der Waals surface area contributed by atoms with Gasteiger partial charge >= 0.3 is 18.1 Å². The highest BCUT2D eigenvalue weighted by atomic mass is 16.6. The summed E-state index contributed by atoms with van der Waals surface area (Å²) in [6.07, 6.45) is -0.685. The number of nitrogens with zero attached hydrogens (tertiary/aromatic N) is 2. The minimum absolute atomic E-state index is 0.0742. The molecule has 0 unspecified atom stereocenters. The summed E-state index contributed by atoms with van der Waals surface area (Å²) in [5.74, 6) is 0. The van der Waals surface area contributed by atoms with E-state index < -0.39 is 12.1 Å². The second kappa shape index (κ2) is 4.74. The first-order chi connectivity index (χ1) is 8.67. The zero-order valence-electron chi connectivity index (χ0n) is 9.93. The van der Waals surface area contributed by atoms with Crippen LogP contribution in [-0.4, -0.2) is 35.8 Å². The lowest BCUT2D eigenvalue weighted by Gasteiger charge is -2.06. The molecule has 1 heterocycles. The Morgan fingerprint density at radius 2 is 1.94 bits per heavy atom. The van der Waals surface area contributed by atoms with Crippen molar-refractivity contribution >= 4 is 23.2 Å². The van der Waals surface area contributed by atoms with E-state index in [9.17, 15) is 9.59 Å². The molecule has 7 nitrogen and oxygen atoms in total. The molecule has 18 heavy (non-hydrogen) atoms. The van der Waals surface area contributed by atoms with Gasteiger partial charge in [0.25, 0.3) is 0 Å². The maximum Gasteiger partial charge on any atom is 0.414 e. The van der Waals surface area contributed by atoms with E-state index in [2.05, 4.69) is 15.6 Å². The van der Waals surface area contributed by atoms with Crippen LogP contribution < -0.4 is 15.4 Å². The van der Waals surface area contributed by atoms with Crippen LogP contribution in [0.15, 0.2) is 24.3 Å². The number of para-hydroxylation sites is 2. The lowest BCUT2D eigenvalue weighted by Crippen LogP contribution is -2.28. The normalized spacial score (nSPS) is 10.1. The van der Waals surface area contributed by atoms with Crippen molar-refractivity contribution in [2.75, 3.05) is 14.1 Å². The van der Waals surface area contributed by atoms with Crippen molar-refractivity contribution in [3.63, 3.8) is 0 Å². The van der Waals surface area contributed by atoms with E-state index >= 15 is 0 Å². The maximum absolute atomic E-state index is 11.8. The maximum atomic E-state index is 11.8. The number of carbonyl (C=O) groups excluding carboxylic acids is 2. The van der Waals surface area contributed by atoms with Gasteiger partial charge in [-0.3, -0.25) is 0 Å². The Labute approximate surface area is 103 Å². The molecule has 0 aliphatic rings. The molecule has 0 fully saturated rings. The third-order valence-electron chi connectivity index (χ3n) is 2.34. The van der Waals surface area contributed by atoms with Crippen molar-refractivity contribution in [1.29, 1.82) is 0 Å². The molecule has 0 atom stereocenters. The zero-order valence-corrected chi connectivity index (χ0v) is 9.93. The Morgan fingerprint density at radius 1 is 1.22 bits per heavy atom. The standard InChI is InChI=1S/C11H12N4O3/c1-12-9(16)15-8-6-4-3-5-7(8)14-10(15)18-11(17)13-2/h3-6H,1-2H3,(H,12,16)(H,13,17). The van der Waals surface area contributed by atoms with Crippen LogP contribution in [0.3, 0.4) is 0 Å². The van der Waals surface area contributed by atoms with Crippen molar-refractivity contribution < 1.29 is 14.3 Å². The summed E-state index contributed by atoms with van der Waals surface area (Å²) in [7, 11) is 2.91. The summed E-state index contributed by atoms with van der Waals surface area (Å²) in [5, 5.41) is 4.76. The zero-order chi connectivity index (χ0) is 13.1. The monoisotopic (exact) mass is 248 g/mol. The second-order valence-electron chi connectivity index (χ2n) is 3.41. The minimum atomic E-state index is -0.685. The van der Waals surface area contributed by atoms with E-state index in [0.29, 0.717) is 11.0 Å². The predicted molar refractivity (Wildman–Crippen MR) is 64.7 cm³/mol. The van der Waals surface area contributed by atoms with Crippen molar-refractivity contribution in [1.82, 2.24) is 20.2 Å². The van der Waals surface area contributed by atoms with Gasteiger partial charge in [-0.2, -0.15) is 4.98 Å². The van der Waals surface area contributed by atoms with Crippen molar-refractivity contribution in [3.05, 3.63) is 24.3 Å². The van der Waals surface area contributed by atoms with Gasteiger partial charge in [0.05, 0.1) is 11.0 Å². The van der Waals surface area contributed by atoms with Crippen molar-refractivity contribution in [2.45, 2.75) is 0 Å². The van der Waals surface area contributed by atoms with E-state index in [0.717, 1.165) is 0 Å². The molecule has 0 aliphatic carbocycles. The van der Waals surface area contributed by atoms with Gasteiger partial charge in [0, 0.05) is 14.1 Å². The number of hydrogen-bond donors (Lipinski definition) is 2. The van der Waals surface area contributed by atoms with E-state index in [4.69, 9.17) is 4.74 Å². The topological polar surface area (TPSA) is 85.2 Å². The first-order valence-electron chi connectivity index (χ1n) is 5.26. The van der Waals surface area contributed by atoms with E-state index in [-0.39, 0.29) is 6.01 Å². The highest BCUT2D eigenvalue weighted by Crippen LogP contribution is 2.20. The number of rotatable bonds is 1. The number of nitrogens with one attached hydrogen (secondary N) is 2. The van der Waals surface area contributed by atoms with Crippen LogP contribution in [0.1, 0.15) is 0 Å². The Bertz CT molecular complexity index is 605. The molecule has 2 amide bonds. The molecule has 0 bridgehead atoms. The Hall–Kier alpha value is -2.57. The van der Waals surface area contributed by atoms with Gasteiger partial charge in [-0.1, -0.05) is 12.1 Å². The number of fused-ring (bicyclic) bond motifs is 1. The number of aromatic nitrogens is 2. The first kappa shape index (κ1) is 11.9. The van der Waals surface area contributed by atoms with E-state index in [1.165, 1.54) is 18.7 Å². The lowest BCUT2D eigenvalue weighted by atomic mass is 10.3. The summed E-state index contributed by atoms with van der Waals surface area (Å²) in [4.78, 5) is 27.1. The molecule has 0 spiro atoms. The van der Waals surface area contributed by atoms with Gasteiger partial charge in [-0.05, 0) is 12.1 Å². The average molecular weight is 248 g/mol. The van der Waals surface area contributed by atoms with Gasteiger partial charge in [0.15, 0.2) is 0 Å². The molecular formula is C11H12N4O3. The van der Waals surface area contributed by atoms with Crippen LogP contribution in [0.2, 0.25) is 0 Å². The molecule has 2 rings (SSSR count). The van der Waals surface area contributed by atoms with Crippen LogP contribution in [0.25, 0.3) is 11.0 Å². The first-order valence-corrected chi connectivity index (χ1v) is 5.26. The predicted octanol–water partition coefficient (Wildman–Crippen LogP) is 0.942. The van der Waals surface area contributed by atoms with Crippen molar-refractivity contribution in [3.8, 4) is 6.01 Å². The fraction of sp³-hybridized carbons (Fsp3) is 0.182. The third-order valence-corrected chi connectivity index (χ3v) is 2.34. The Morgan fingerprint density at radius 3 is 2.61 bits per heavy atom. The van der Waals surface area contributed by atoms with Crippen LogP contribution in [0.5, 0.6) is 6.01 Å². The number of hydrogen-bond acceptors (Lipinski definition) is 4. The smallest absolute Gasteiger partial charge is 0.375 e. The van der Waals surface area contributed by atoms with Gasteiger partial charge in [-0.25, -0.2) is 14.2 Å². The van der Waals surface area contributed by atoms with Crippen LogP contribution in [-0.2, 0) is 0 Å². The SMILES string of the molecule is CNC(=O)Oc1nc2ccccc2n1C(=O)NC. The fourth-order valence-electron chi connectivity index (χ4n) is 1.51. The van der Waals surface area contributed by atoms with Crippen molar-refractivity contribution in [2.24, 2.45) is 0 Å². The van der Waals surface area contributed by atoms with Gasteiger partial charge in [0.2, 0.25) is 0 Å². The molecule has 7 heteroatoms. The molecule has 0 radical (unpaired) electrons. The average Bonchev–Trinajstić information content (AvgIpc) is 2.75.